The molecule has 37 heavy (non-hydrogen) atoms. The van der Waals surface area contributed by atoms with Crippen LogP contribution in [0.3, 0.4) is 0 Å². The molecule has 6 rings (SSSR count). The predicted octanol–water partition coefficient (Wildman–Crippen LogP) is 4.85. The predicted molar refractivity (Wildman–Crippen MR) is 144 cm³/mol. The molecule has 8 nitrogen and oxygen atoms in total. The number of nitrogens with zero attached hydrogens (tertiary/aromatic N) is 5. The van der Waals surface area contributed by atoms with Gasteiger partial charge in [0.05, 0.1) is 11.2 Å². The van der Waals surface area contributed by atoms with Crippen molar-refractivity contribution in [2.75, 3.05) is 30.2 Å². The minimum absolute atomic E-state index is 0.116. The maximum atomic E-state index is 13.0. The summed E-state index contributed by atoms with van der Waals surface area (Å²) >= 11 is 6.24. The van der Waals surface area contributed by atoms with E-state index in [1.807, 2.05) is 13.1 Å². The Hall–Kier alpha value is -3.44. The molecule has 2 saturated carbocycles. The van der Waals surface area contributed by atoms with Crippen molar-refractivity contribution in [1.82, 2.24) is 9.55 Å². The van der Waals surface area contributed by atoms with Gasteiger partial charge in [-0.2, -0.15) is 5.26 Å². The van der Waals surface area contributed by atoms with Gasteiger partial charge in [0.25, 0.3) is 5.56 Å². The van der Waals surface area contributed by atoms with Crippen molar-refractivity contribution in [2.45, 2.75) is 50.6 Å². The molecule has 2 aliphatic carbocycles. The summed E-state index contributed by atoms with van der Waals surface area (Å²) in [5.74, 6) is 2.38. The molecule has 3 aliphatic rings. The third-order valence-corrected chi connectivity index (χ3v) is 8.35. The molecule has 0 atom stereocenters. The highest BCUT2D eigenvalue weighted by Crippen LogP contribution is 2.41. The Morgan fingerprint density at radius 3 is 2.54 bits per heavy atom. The lowest BCUT2D eigenvalue weighted by molar-refractivity contribution is 0.174. The van der Waals surface area contributed by atoms with Crippen LogP contribution >= 0.6 is 11.6 Å². The van der Waals surface area contributed by atoms with Crippen molar-refractivity contribution >= 4 is 34.0 Å². The maximum Gasteiger partial charge on any atom is 0.270 e. The smallest absolute Gasteiger partial charge is 0.270 e. The van der Waals surface area contributed by atoms with E-state index in [2.05, 4.69) is 33.0 Å². The molecule has 0 saturated heterocycles. The number of hydrogen-bond donors (Lipinski definition) is 0. The van der Waals surface area contributed by atoms with Gasteiger partial charge in [-0.1, -0.05) is 11.6 Å². The molecule has 2 fully saturated rings. The van der Waals surface area contributed by atoms with Crippen molar-refractivity contribution in [2.24, 2.45) is 13.0 Å². The lowest BCUT2D eigenvalue weighted by Crippen LogP contribution is -2.44. The number of ether oxygens (including phenoxy) is 2. The first-order chi connectivity index (χ1) is 17.9. The monoisotopic (exact) mass is 519 g/mol. The molecular weight excluding hydrogens is 490 g/mol. The van der Waals surface area contributed by atoms with Gasteiger partial charge in [0.15, 0.2) is 11.5 Å². The summed E-state index contributed by atoms with van der Waals surface area (Å²) in [5, 5.41) is 10.3. The summed E-state index contributed by atoms with van der Waals surface area (Å²) in [6, 6.07) is 12.5. The second-order valence-electron chi connectivity index (χ2n) is 10.4. The molecule has 2 aromatic heterocycles. The zero-order valence-electron chi connectivity index (χ0n) is 21.1. The van der Waals surface area contributed by atoms with Crippen LogP contribution in [0.15, 0.2) is 35.1 Å². The summed E-state index contributed by atoms with van der Waals surface area (Å²) in [6.07, 6.45) is 6.54. The zero-order valence-corrected chi connectivity index (χ0v) is 21.9. The van der Waals surface area contributed by atoms with Crippen molar-refractivity contribution in [3.63, 3.8) is 0 Å². The van der Waals surface area contributed by atoms with Crippen LogP contribution in [-0.2, 0) is 7.05 Å². The fourth-order valence-corrected chi connectivity index (χ4v) is 6.01. The van der Waals surface area contributed by atoms with Crippen LogP contribution in [-0.4, -0.2) is 42.0 Å². The van der Waals surface area contributed by atoms with Gasteiger partial charge in [0, 0.05) is 44.5 Å². The van der Waals surface area contributed by atoms with Gasteiger partial charge in [-0.15, -0.1) is 0 Å². The molecule has 0 amide bonds. The highest BCUT2D eigenvalue weighted by Gasteiger charge is 2.34. The highest BCUT2D eigenvalue weighted by atomic mass is 35.5. The number of fused-ring (bicyclic) bond motifs is 2. The van der Waals surface area contributed by atoms with Gasteiger partial charge in [0.2, 0.25) is 6.79 Å². The van der Waals surface area contributed by atoms with Crippen molar-refractivity contribution in [3.05, 3.63) is 51.4 Å². The van der Waals surface area contributed by atoms with Crippen LogP contribution in [0, 0.1) is 17.2 Å². The van der Waals surface area contributed by atoms with E-state index in [1.165, 1.54) is 23.1 Å². The van der Waals surface area contributed by atoms with E-state index >= 15 is 0 Å². The molecule has 3 aromatic rings. The average molecular weight is 520 g/mol. The number of hydrogen-bond acceptors (Lipinski definition) is 7. The molecular formula is C28H30ClN5O3. The number of aryl methyl sites for hydroxylation is 1. The van der Waals surface area contributed by atoms with Gasteiger partial charge in [0.1, 0.15) is 22.3 Å². The summed E-state index contributed by atoms with van der Waals surface area (Å²) in [7, 11) is 3.64. The summed E-state index contributed by atoms with van der Waals surface area (Å²) in [5.41, 5.74) is 2.83. The number of rotatable bonds is 6. The first kappa shape index (κ1) is 23.9. The molecule has 0 bridgehead atoms. The summed E-state index contributed by atoms with van der Waals surface area (Å²) < 4.78 is 12.7. The van der Waals surface area contributed by atoms with Gasteiger partial charge < -0.3 is 23.8 Å². The van der Waals surface area contributed by atoms with Crippen molar-refractivity contribution in [1.29, 1.82) is 5.26 Å². The van der Waals surface area contributed by atoms with Crippen LogP contribution in [0.2, 0.25) is 5.15 Å². The van der Waals surface area contributed by atoms with Crippen LogP contribution in [0.25, 0.3) is 11.0 Å². The third-order valence-electron chi connectivity index (χ3n) is 8.14. The van der Waals surface area contributed by atoms with Crippen LogP contribution in [0.4, 0.5) is 11.4 Å². The molecule has 192 valence electrons. The third kappa shape index (κ3) is 4.36. The van der Waals surface area contributed by atoms with E-state index in [-0.39, 0.29) is 24.0 Å². The van der Waals surface area contributed by atoms with Crippen molar-refractivity contribution < 1.29 is 9.47 Å². The largest absolute Gasteiger partial charge is 0.454 e. The van der Waals surface area contributed by atoms with Gasteiger partial charge >= 0.3 is 0 Å². The number of aromatic nitrogens is 2. The lowest BCUT2D eigenvalue weighted by Gasteiger charge is -2.41. The zero-order chi connectivity index (χ0) is 25.7. The Balaban J connectivity index is 1.26. The molecule has 9 heteroatoms. The Morgan fingerprint density at radius 2 is 1.81 bits per heavy atom. The number of anilines is 2. The number of halogens is 1. The molecule has 0 N–H and O–H groups in total. The van der Waals surface area contributed by atoms with Crippen LogP contribution in [0.1, 0.15) is 44.1 Å². The number of nitriles is 1. The average Bonchev–Trinajstić information content (AvgIpc) is 3.62. The van der Waals surface area contributed by atoms with E-state index in [4.69, 9.17) is 21.1 Å². The van der Waals surface area contributed by atoms with Gasteiger partial charge in [-0.25, -0.2) is 4.98 Å². The second kappa shape index (κ2) is 9.46. The lowest BCUT2D eigenvalue weighted by atomic mass is 9.88. The fraction of sp³-hybridized carbons (Fsp3) is 0.464. The van der Waals surface area contributed by atoms with Crippen LogP contribution < -0.4 is 24.8 Å². The molecule has 1 aromatic carbocycles. The van der Waals surface area contributed by atoms with Gasteiger partial charge in [-0.05, 0) is 68.7 Å². The maximum absolute atomic E-state index is 13.0. The molecule has 3 heterocycles. The number of benzene rings is 1. The Kier molecular flexibility index (Phi) is 6.12. The normalized spacial score (nSPS) is 20.6. The Bertz CT molecular complexity index is 1450. The topological polar surface area (TPSA) is 83.6 Å². The minimum Gasteiger partial charge on any atom is -0.454 e. The van der Waals surface area contributed by atoms with E-state index in [1.54, 1.807) is 19.2 Å². The molecule has 0 spiro atoms. The fourth-order valence-electron chi connectivity index (χ4n) is 5.86. The highest BCUT2D eigenvalue weighted by molar-refractivity contribution is 6.29. The Labute approximate surface area is 221 Å². The molecule has 0 radical (unpaired) electrons. The van der Waals surface area contributed by atoms with Crippen LogP contribution in [0.5, 0.6) is 11.5 Å². The summed E-state index contributed by atoms with van der Waals surface area (Å²) in [4.78, 5) is 22.2. The van der Waals surface area contributed by atoms with E-state index in [0.29, 0.717) is 27.9 Å². The SMILES string of the molecule is CN(c1c(C#N)c(=O)n(C)c2ccc(Cl)nc12)C1CCC(N(CC2CC2)c2ccc3c(c2)OCO3)CC1. The second-order valence-corrected chi connectivity index (χ2v) is 10.8. The molecule has 0 unspecified atom stereocenters. The first-order valence-corrected chi connectivity index (χ1v) is 13.3. The Morgan fingerprint density at radius 1 is 1.08 bits per heavy atom. The van der Waals surface area contributed by atoms with E-state index in [9.17, 15) is 10.1 Å². The number of pyridine rings is 2. The van der Waals surface area contributed by atoms with Crippen molar-refractivity contribution in [3.8, 4) is 17.6 Å². The van der Waals surface area contributed by atoms with E-state index in [0.717, 1.165) is 49.6 Å². The molecule has 1 aliphatic heterocycles. The summed E-state index contributed by atoms with van der Waals surface area (Å²) in [6.45, 7) is 1.34. The van der Waals surface area contributed by atoms with Gasteiger partial charge in [-0.3, -0.25) is 4.79 Å². The van der Waals surface area contributed by atoms with E-state index < -0.39 is 0 Å². The standard InChI is InChI=1S/C28H30ClN5O3/c1-32(27-21(14-30)28(35)33(2)22-10-12-25(29)31-26(22)27)18-5-7-19(8-6-18)34(15-17-3-4-17)20-9-11-23-24(13-20)37-16-36-23/h9-13,17-19H,3-8,15-16H2,1-2H3. The minimum atomic E-state index is -0.312. The quantitative estimate of drug-likeness (QED) is 0.430. The first-order valence-electron chi connectivity index (χ1n) is 12.9.